The molecule has 1 aliphatic rings. The molecule has 126 valence electrons. The maximum atomic E-state index is 12.3. The lowest BCUT2D eigenvalue weighted by molar-refractivity contribution is -0.385. The number of anilines is 1. The van der Waals surface area contributed by atoms with E-state index in [1.807, 2.05) is 5.32 Å². The van der Waals surface area contributed by atoms with E-state index in [4.69, 9.17) is 10.8 Å². The van der Waals surface area contributed by atoms with Gasteiger partial charge in [-0.25, -0.2) is 4.79 Å². The zero-order valence-electron chi connectivity index (χ0n) is 12.2. The van der Waals surface area contributed by atoms with Crippen LogP contribution in [0, 0.1) is 10.1 Å². The molecule has 2 aromatic rings. The van der Waals surface area contributed by atoms with Crippen molar-refractivity contribution in [3.8, 4) is 5.69 Å². The molecule has 0 aliphatic carbocycles. The van der Waals surface area contributed by atoms with Gasteiger partial charge in [0.05, 0.1) is 21.7 Å². The van der Waals surface area contributed by atoms with Crippen LogP contribution in [0.3, 0.4) is 0 Å². The van der Waals surface area contributed by atoms with E-state index in [0.29, 0.717) is 0 Å². The molecule has 3 rings (SSSR count). The summed E-state index contributed by atoms with van der Waals surface area (Å²) in [5, 5.41) is 22.0. The predicted octanol–water partition coefficient (Wildman–Crippen LogP) is -0.0903. The van der Waals surface area contributed by atoms with Gasteiger partial charge in [0.1, 0.15) is 11.4 Å². The quantitative estimate of drug-likeness (QED) is 0.393. The Bertz CT molecular complexity index is 1050. The van der Waals surface area contributed by atoms with Crippen LogP contribution < -0.4 is 16.6 Å². The molecule has 11 nitrogen and oxygen atoms in total. The Hall–Kier alpha value is -4.02. The molecule has 0 saturated carbocycles. The number of carboxylic acid groups (broad SMARTS) is 1. The number of imide groups is 1. The van der Waals surface area contributed by atoms with E-state index in [1.54, 1.807) is 0 Å². The van der Waals surface area contributed by atoms with Crippen LogP contribution in [-0.2, 0) is 0 Å². The summed E-state index contributed by atoms with van der Waals surface area (Å²) in [7, 11) is 0. The molecule has 1 aromatic heterocycles. The SMILES string of the molecule is Nc1c2c(cc(=O)n1-c1ccc([N+](=O)[O-])c(C(=O)O)c1)C(=O)NC2=O. The lowest BCUT2D eigenvalue weighted by Crippen LogP contribution is -2.24. The average Bonchev–Trinajstić information content (AvgIpc) is 2.81. The van der Waals surface area contributed by atoms with Crippen LogP contribution in [-0.4, -0.2) is 32.4 Å². The van der Waals surface area contributed by atoms with Gasteiger partial charge in [-0.2, -0.15) is 0 Å². The summed E-state index contributed by atoms with van der Waals surface area (Å²) in [5.74, 6) is -3.53. The average molecular weight is 344 g/mol. The van der Waals surface area contributed by atoms with Crippen molar-refractivity contribution in [1.29, 1.82) is 0 Å². The normalized spacial score (nSPS) is 12.6. The summed E-state index contributed by atoms with van der Waals surface area (Å²) in [6, 6.07) is 3.79. The van der Waals surface area contributed by atoms with E-state index in [1.165, 1.54) is 0 Å². The molecule has 25 heavy (non-hydrogen) atoms. The number of benzene rings is 1. The Morgan fingerprint density at radius 3 is 2.48 bits per heavy atom. The highest BCUT2D eigenvalue weighted by Gasteiger charge is 2.32. The van der Waals surface area contributed by atoms with Gasteiger partial charge in [0.25, 0.3) is 23.1 Å². The fraction of sp³-hybridized carbons (Fsp3) is 0. The number of nitrogens with zero attached hydrogens (tertiary/aromatic N) is 2. The van der Waals surface area contributed by atoms with Crippen LogP contribution >= 0.6 is 0 Å². The summed E-state index contributed by atoms with van der Waals surface area (Å²) in [6.45, 7) is 0. The second kappa shape index (κ2) is 5.26. The third kappa shape index (κ3) is 2.30. The molecule has 4 N–H and O–H groups in total. The number of hydrogen-bond donors (Lipinski definition) is 3. The van der Waals surface area contributed by atoms with E-state index in [-0.39, 0.29) is 22.6 Å². The second-order valence-electron chi connectivity index (χ2n) is 5.04. The molecule has 0 spiro atoms. The largest absolute Gasteiger partial charge is 0.477 e. The smallest absolute Gasteiger partial charge is 0.342 e. The third-order valence-electron chi connectivity index (χ3n) is 3.62. The Morgan fingerprint density at radius 2 is 1.88 bits per heavy atom. The Labute approximate surface area is 137 Å². The summed E-state index contributed by atoms with van der Waals surface area (Å²) in [5.41, 5.74) is 3.18. The second-order valence-corrected chi connectivity index (χ2v) is 5.04. The number of nitrogens with two attached hydrogens (primary N) is 1. The number of rotatable bonds is 3. The summed E-state index contributed by atoms with van der Waals surface area (Å²) < 4.78 is 0.799. The number of nitrogens with one attached hydrogen (secondary N) is 1. The minimum absolute atomic E-state index is 0.0968. The van der Waals surface area contributed by atoms with Gasteiger partial charge in [0.2, 0.25) is 0 Å². The van der Waals surface area contributed by atoms with Crippen LogP contribution in [0.2, 0.25) is 0 Å². The van der Waals surface area contributed by atoms with Gasteiger partial charge in [0.15, 0.2) is 0 Å². The van der Waals surface area contributed by atoms with Gasteiger partial charge in [0, 0.05) is 12.1 Å². The van der Waals surface area contributed by atoms with Crippen LogP contribution in [0.4, 0.5) is 11.5 Å². The monoisotopic (exact) mass is 344 g/mol. The van der Waals surface area contributed by atoms with E-state index in [2.05, 4.69) is 0 Å². The first kappa shape index (κ1) is 15.9. The molecular weight excluding hydrogens is 336 g/mol. The van der Waals surface area contributed by atoms with Gasteiger partial charge >= 0.3 is 5.97 Å². The molecule has 2 amide bonds. The van der Waals surface area contributed by atoms with Crippen molar-refractivity contribution in [2.24, 2.45) is 0 Å². The van der Waals surface area contributed by atoms with Crippen molar-refractivity contribution in [2.75, 3.05) is 5.73 Å². The summed E-state index contributed by atoms with van der Waals surface area (Å²) in [6.07, 6.45) is 0. The van der Waals surface area contributed by atoms with E-state index in [9.17, 15) is 29.3 Å². The maximum Gasteiger partial charge on any atom is 0.342 e. The van der Waals surface area contributed by atoms with Gasteiger partial charge in [-0.1, -0.05) is 0 Å². The van der Waals surface area contributed by atoms with Crippen molar-refractivity contribution in [1.82, 2.24) is 9.88 Å². The van der Waals surface area contributed by atoms with Crippen LogP contribution in [0.25, 0.3) is 5.69 Å². The Morgan fingerprint density at radius 1 is 1.20 bits per heavy atom. The molecule has 0 fully saturated rings. The molecule has 1 aromatic carbocycles. The molecule has 1 aliphatic heterocycles. The molecule has 2 heterocycles. The molecule has 0 unspecified atom stereocenters. The van der Waals surface area contributed by atoms with Crippen LogP contribution in [0.5, 0.6) is 0 Å². The fourth-order valence-corrected chi connectivity index (χ4v) is 2.54. The maximum absolute atomic E-state index is 12.3. The standard InChI is InChI=1S/C14H8N4O7/c15-11-10-7(12(20)16-13(10)21)4-9(19)17(11)5-1-2-8(18(24)25)6(3-5)14(22)23/h1-4H,15H2,(H,22,23)(H,16,20,21). The zero-order valence-corrected chi connectivity index (χ0v) is 12.2. The number of carboxylic acids is 1. The van der Waals surface area contributed by atoms with Gasteiger partial charge < -0.3 is 10.8 Å². The van der Waals surface area contributed by atoms with Crippen molar-refractivity contribution in [3.05, 3.63) is 61.4 Å². The minimum atomic E-state index is -1.57. The number of nitrogen functional groups attached to an aromatic ring is 1. The number of pyridine rings is 1. The zero-order chi connectivity index (χ0) is 18.5. The number of carbonyl (C=O) groups is 3. The summed E-state index contributed by atoms with van der Waals surface area (Å²) >= 11 is 0. The lowest BCUT2D eigenvalue weighted by Gasteiger charge is -2.12. The molecule has 0 bridgehead atoms. The number of fused-ring (bicyclic) bond motifs is 1. The van der Waals surface area contributed by atoms with E-state index >= 15 is 0 Å². The van der Waals surface area contributed by atoms with Crippen molar-refractivity contribution >= 4 is 29.3 Å². The Balaban J connectivity index is 2.30. The highest BCUT2D eigenvalue weighted by Crippen LogP contribution is 2.26. The molecule has 11 heteroatoms. The highest BCUT2D eigenvalue weighted by atomic mass is 16.6. The highest BCUT2D eigenvalue weighted by molar-refractivity contribution is 6.23. The number of amides is 2. The first-order chi connectivity index (χ1) is 11.7. The number of aromatic carboxylic acids is 1. The van der Waals surface area contributed by atoms with Crippen molar-refractivity contribution in [2.45, 2.75) is 0 Å². The Kier molecular flexibility index (Phi) is 3.34. The van der Waals surface area contributed by atoms with Crippen LogP contribution in [0.15, 0.2) is 29.1 Å². The van der Waals surface area contributed by atoms with E-state index in [0.717, 1.165) is 28.8 Å². The molecule has 0 radical (unpaired) electrons. The third-order valence-corrected chi connectivity index (χ3v) is 3.62. The van der Waals surface area contributed by atoms with Crippen molar-refractivity contribution < 1.29 is 24.4 Å². The lowest BCUT2D eigenvalue weighted by atomic mass is 10.1. The number of hydrogen-bond acceptors (Lipinski definition) is 7. The molecular formula is C14H8N4O7. The molecule has 0 saturated heterocycles. The first-order valence-corrected chi connectivity index (χ1v) is 6.65. The fourth-order valence-electron chi connectivity index (χ4n) is 2.54. The predicted molar refractivity (Wildman–Crippen MR) is 81.9 cm³/mol. The number of carbonyl (C=O) groups excluding carboxylic acids is 2. The minimum Gasteiger partial charge on any atom is -0.477 e. The van der Waals surface area contributed by atoms with Gasteiger partial charge in [-0.15, -0.1) is 0 Å². The first-order valence-electron chi connectivity index (χ1n) is 6.65. The number of aromatic nitrogens is 1. The van der Waals surface area contributed by atoms with Gasteiger partial charge in [-0.05, 0) is 12.1 Å². The molecule has 0 atom stereocenters. The number of nitro groups is 1. The van der Waals surface area contributed by atoms with E-state index < -0.39 is 39.5 Å². The number of nitro benzene ring substituents is 1. The van der Waals surface area contributed by atoms with Crippen LogP contribution in [0.1, 0.15) is 31.1 Å². The van der Waals surface area contributed by atoms with Gasteiger partial charge in [-0.3, -0.25) is 34.4 Å². The summed E-state index contributed by atoms with van der Waals surface area (Å²) in [4.78, 5) is 56.9. The van der Waals surface area contributed by atoms with Crippen molar-refractivity contribution in [3.63, 3.8) is 0 Å². The topological polar surface area (TPSA) is 175 Å².